The molecule has 1 aliphatic carbocycles. The Hall–Kier alpha value is -3.11. The Morgan fingerprint density at radius 2 is 1.97 bits per heavy atom. The molecule has 0 aliphatic heterocycles. The van der Waals surface area contributed by atoms with E-state index in [0.717, 1.165) is 59.9 Å². The highest BCUT2D eigenvalue weighted by molar-refractivity contribution is 7.99. The van der Waals surface area contributed by atoms with Crippen LogP contribution in [-0.2, 0) is 28.9 Å². The molecule has 1 amide bonds. The number of aromatic nitrogens is 3. The van der Waals surface area contributed by atoms with E-state index in [0.29, 0.717) is 22.3 Å². The molecule has 0 radical (unpaired) electrons. The van der Waals surface area contributed by atoms with Gasteiger partial charge in [-0.1, -0.05) is 17.8 Å². The van der Waals surface area contributed by atoms with Gasteiger partial charge in [0.2, 0.25) is 5.91 Å². The van der Waals surface area contributed by atoms with Gasteiger partial charge >= 0.3 is 5.97 Å². The number of anilines is 2. The average molecular weight is 526 g/mol. The second kappa shape index (κ2) is 11.7. The molecule has 0 atom stereocenters. The largest absolute Gasteiger partial charge is 0.465 e. The first-order valence-corrected chi connectivity index (χ1v) is 13.9. The smallest absolute Gasteiger partial charge is 0.341 e. The topological polar surface area (TPSA) is 89.3 Å². The van der Waals surface area contributed by atoms with Gasteiger partial charge < -0.3 is 15.0 Å². The molecular weight excluding hydrogens is 494 g/mol. The highest BCUT2D eigenvalue weighted by Crippen LogP contribution is 2.39. The zero-order chi connectivity index (χ0) is 25.7. The summed E-state index contributed by atoms with van der Waals surface area (Å²) >= 11 is 2.77. The van der Waals surface area contributed by atoms with Gasteiger partial charge in [-0.15, -0.1) is 28.1 Å². The number of amides is 1. The Labute approximate surface area is 219 Å². The normalized spacial score (nSPS) is 12.3. The van der Waals surface area contributed by atoms with Gasteiger partial charge in [0, 0.05) is 35.8 Å². The molecule has 2 heterocycles. The van der Waals surface area contributed by atoms with Crippen LogP contribution < -0.4 is 10.2 Å². The molecule has 3 aromatic rings. The van der Waals surface area contributed by atoms with Crippen LogP contribution in [0.2, 0.25) is 0 Å². The Balaban J connectivity index is 1.48. The highest BCUT2D eigenvalue weighted by Gasteiger charge is 2.28. The maximum absolute atomic E-state index is 12.8. The van der Waals surface area contributed by atoms with Crippen molar-refractivity contribution in [1.82, 2.24) is 14.8 Å². The number of carbonyl (C=O) groups is 2. The van der Waals surface area contributed by atoms with Crippen molar-refractivity contribution in [3.8, 4) is 11.4 Å². The van der Waals surface area contributed by atoms with E-state index in [4.69, 9.17) is 4.74 Å². The summed E-state index contributed by atoms with van der Waals surface area (Å²) in [4.78, 5) is 28.6. The Bertz CT molecular complexity index is 1250. The molecule has 36 heavy (non-hydrogen) atoms. The van der Waals surface area contributed by atoms with E-state index >= 15 is 0 Å². The van der Waals surface area contributed by atoms with Crippen molar-refractivity contribution in [2.75, 3.05) is 36.2 Å². The molecule has 190 valence electrons. The fourth-order valence-corrected chi connectivity index (χ4v) is 6.46. The van der Waals surface area contributed by atoms with Crippen LogP contribution in [0.3, 0.4) is 0 Å². The van der Waals surface area contributed by atoms with Crippen LogP contribution in [0.5, 0.6) is 0 Å². The number of aryl methyl sites for hydroxylation is 1. The molecule has 1 aromatic carbocycles. The molecule has 0 unspecified atom stereocenters. The highest BCUT2D eigenvalue weighted by atomic mass is 32.2. The number of carbonyl (C=O) groups excluding carboxylic acids is 2. The number of allylic oxidation sites excluding steroid dienone is 1. The predicted octanol–water partition coefficient (Wildman–Crippen LogP) is 5.04. The van der Waals surface area contributed by atoms with Crippen LogP contribution in [-0.4, -0.2) is 52.6 Å². The van der Waals surface area contributed by atoms with Crippen molar-refractivity contribution < 1.29 is 14.3 Å². The minimum absolute atomic E-state index is 0.138. The van der Waals surface area contributed by atoms with E-state index in [1.807, 2.05) is 16.7 Å². The maximum Gasteiger partial charge on any atom is 0.341 e. The number of ether oxygens (including phenoxy) is 1. The lowest BCUT2D eigenvalue weighted by atomic mass is 10.1. The number of thioether (sulfide) groups is 1. The van der Waals surface area contributed by atoms with E-state index in [-0.39, 0.29) is 11.7 Å². The summed E-state index contributed by atoms with van der Waals surface area (Å²) in [6, 6.07) is 8.27. The summed E-state index contributed by atoms with van der Waals surface area (Å²) in [6.45, 7) is 10.6. The lowest BCUT2D eigenvalue weighted by Crippen LogP contribution is -2.21. The van der Waals surface area contributed by atoms with E-state index in [9.17, 15) is 9.59 Å². The first-order valence-electron chi connectivity index (χ1n) is 12.1. The molecular formula is C26H31N5O3S2. The SMILES string of the molecule is C=CCn1c(SCC(=O)Nc2sc3c(c2C(=O)OC)CCC3)nnc1-c1ccc(N(CC)CC)cc1. The lowest BCUT2D eigenvalue weighted by molar-refractivity contribution is -0.113. The molecule has 0 fully saturated rings. The number of hydrogen-bond acceptors (Lipinski definition) is 8. The molecule has 1 aliphatic rings. The van der Waals surface area contributed by atoms with Crippen LogP contribution >= 0.6 is 23.1 Å². The van der Waals surface area contributed by atoms with Gasteiger partial charge in [-0.25, -0.2) is 4.79 Å². The molecule has 8 nitrogen and oxygen atoms in total. The zero-order valence-electron chi connectivity index (χ0n) is 20.9. The molecule has 0 bridgehead atoms. The summed E-state index contributed by atoms with van der Waals surface area (Å²) < 4.78 is 6.92. The van der Waals surface area contributed by atoms with Gasteiger partial charge in [0.05, 0.1) is 18.4 Å². The monoisotopic (exact) mass is 525 g/mol. The van der Waals surface area contributed by atoms with Crippen molar-refractivity contribution in [1.29, 1.82) is 0 Å². The van der Waals surface area contributed by atoms with Crippen LogP contribution in [0.25, 0.3) is 11.4 Å². The second-order valence-corrected chi connectivity index (χ2v) is 10.4. The van der Waals surface area contributed by atoms with Gasteiger partial charge in [0.15, 0.2) is 11.0 Å². The number of nitrogens with one attached hydrogen (secondary N) is 1. The zero-order valence-corrected chi connectivity index (χ0v) is 22.5. The predicted molar refractivity (Wildman–Crippen MR) is 146 cm³/mol. The number of fused-ring (bicyclic) bond motifs is 1. The third-order valence-electron chi connectivity index (χ3n) is 6.18. The minimum atomic E-state index is -0.403. The summed E-state index contributed by atoms with van der Waals surface area (Å²) in [7, 11) is 1.37. The van der Waals surface area contributed by atoms with Gasteiger partial charge in [-0.2, -0.15) is 0 Å². The van der Waals surface area contributed by atoms with E-state index in [2.05, 4.69) is 53.0 Å². The number of benzene rings is 1. The van der Waals surface area contributed by atoms with Crippen LogP contribution in [0, 0.1) is 0 Å². The second-order valence-electron chi connectivity index (χ2n) is 8.31. The quantitative estimate of drug-likeness (QED) is 0.213. The fraction of sp³-hybridized carbons (Fsp3) is 0.385. The molecule has 4 rings (SSSR count). The van der Waals surface area contributed by atoms with E-state index < -0.39 is 5.97 Å². The number of methoxy groups -OCH3 is 1. The molecule has 2 aromatic heterocycles. The average Bonchev–Trinajstić information content (AvgIpc) is 3.59. The van der Waals surface area contributed by atoms with Crippen molar-refractivity contribution >= 4 is 45.7 Å². The number of nitrogens with zero attached hydrogens (tertiary/aromatic N) is 4. The first-order chi connectivity index (χ1) is 17.5. The minimum Gasteiger partial charge on any atom is -0.465 e. The van der Waals surface area contributed by atoms with E-state index in [1.165, 1.54) is 30.2 Å². The molecule has 1 N–H and O–H groups in total. The van der Waals surface area contributed by atoms with Crippen molar-refractivity contribution in [3.05, 3.63) is 52.9 Å². The van der Waals surface area contributed by atoms with Crippen molar-refractivity contribution in [3.63, 3.8) is 0 Å². The molecule has 0 saturated heterocycles. The summed E-state index contributed by atoms with van der Waals surface area (Å²) in [5.74, 6) is 0.258. The molecule has 10 heteroatoms. The van der Waals surface area contributed by atoms with Crippen molar-refractivity contribution in [2.45, 2.75) is 44.8 Å². The van der Waals surface area contributed by atoms with Crippen LogP contribution in [0.15, 0.2) is 42.1 Å². The summed E-state index contributed by atoms with van der Waals surface area (Å²) in [5.41, 5.74) is 3.62. The molecule has 0 spiro atoms. The van der Waals surface area contributed by atoms with Gasteiger partial charge in [0.25, 0.3) is 0 Å². The number of rotatable bonds is 11. The lowest BCUT2D eigenvalue weighted by Gasteiger charge is -2.21. The number of hydrogen-bond donors (Lipinski definition) is 1. The fourth-order valence-electron chi connectivity index (χ4n) is 4.42. The Kier molecular flexibility index (Phi) is 8.48. The number of esters is 1. The number of thiophene rings is 1. The van der Waals surface area contributed by atoms with Crippen LogP contribution in [0.4, 0.5) is 10.7 Å². The first kappa shape index (κ1) is 26.0. The summed E-state index contributed by atoms with van der Waals surface area (Å²) in [6.07, 6.45) is 4.58. The van der Waals surface area contributed by atoms with Crippen molar-refractivity contribution in [2.24, 2.45) is 0 Å². The third kappa shape index (κ3) is 5.34. The van der Waals surface area contributed by atoms with Gasteiger partial charge in [0.1, 0.15) is 5.00 Å². The third-order valence-corrected chi connectivity index (χ3v) is 8.35. The van der Waals surface area contributed by atoms with Gasteiger partial charge in [-0.3, -0.25) is 9.36 Å². The Morgan fingerprint density at radius 3 is 2.64 bits per heavy atom. The summed E-state index contributed by atoms with van der Waals surface area (Å²) in [5, 5.41) is 12.9. The van der Waals surface area contributed by atoms with E-state index in [1.54, 1.807) is 6.08 Å². The van der Waals surface area contributed by atoms with Gasteiger partial charge in [-0.05, 0) is 62.9 Å². The Morgan fingerprint density at radius 1 is 1.22 bits per heavy atom. The van der Waals surface area contributed by atoms with Crippen LogP contribution in [0.1, 0.15) is 41.1 Å². The maximum atomic E-state index is 12.8. The molecule has 0 saturated carbocycles. The standard InChI is InChI=1S/C26H31N5O3S2/c1-5-15-31-23(17-11-13-18(14-12-17)30(6-2)7-3)28-29-26(31)35-16-21(32)27-24-22(25(33)34-4)19-9-8-10-20(19)36-24/h5,11-14H,1,6-10,15-16H2,2-4H3,(H,27,32).